The van der Waals surface area contributed by atoms with Crippen LogP contribution >= 0.6 is 11.3 Å². The van der Waals surface area contributed by atoms with Crippen LogP contribution in [0.3, 0.4) is 0 Å². The number of aryl methyl sites for hydroxylation is 1. The van der Waals surface area contributed by atoms with E-state index in [1.54, 1.807) is 7.11 Å². The average Bonchev–Trinajstić information content (AvgIpc) is 3.27. The topological polar surface area (TPSA) is 42.4 Å². The molecular weight excluding hydrogens is 380 g/mol. The molecule has 29 heavy (non-hydrogen) atoms. The van der Waals surface area contributed by atoms with Gasteiger partial charge in [0.2, 0.25) is 0 Å². The Morgan fingerprint density at radius 2 is 1.93 bits per heavy atom. The molecule has 0 radical (unpaired) electrons. The van der Waals surface area contributed by atoms with Crippen LogP contribution < -0.4 is 4.74 Å². The number of fused-ring (bicyclic) bond motifs is 1. The molecule has 1 atom stereocenters. The van der Waals surface area contributed by atoms with Gasteiger partial charge in [-0.2, -0.15) is 0 Å². The minimum Gasteiger partial charge on any atom is -0.496 e. The Kier molecular flexibility index (Phi) is 5.95. The fourth-order valence-electron chi connectivity index (χ4n) is 4.10. The summed E-state index contributed by atoms with van der Waals surface area (Å²) in [6.07, 6.45) is 3.89. The quantitative estimate of drug-likeness (QED) is 0.563. The molecule has 1 aromatic heterocycles. The molecule has 1 amide bonds. The van der Waals surface area contributed by atoms with E-state index in [1.165, 1.54) is 22.5 Å². The zero-order chi connectivity index (χ0) is 20.2. The fraction of sp³-hybridized carbons (Fsp3) is 0.333. The molecule has 5 heteroatoms. The highest BCUT2D eigenvalue weighted by Gasteiger charge is 2.29. The monoisotopic (exact) mass is 406 g/mol. The summed E-state index contributed by atoms with van der Waals surface area (Å²) < 4.78 is 5.46. The number of carbonyl (C=O) groups excluding carboxylic acids is 1. The third kappa shape index (κ3) is 4.06. The van der Waals surface area contributed by atoms with Crippen molar-refractivity contribution in [2.45, 2.75) is 38.6 Å². The zero-order valence-corrected chi connectivity index (χ0v) is 17.7. The summed E-state index contributed by atoms with van der Waals surface area (Å²) >= 11 is 1.49. The third-order valence-electron chi connectivity index (χ3n) is 5.55. The number of rotatable bonds is 6. The lowest BCUT2D eigenvalue weighted by molar-refractivity contribution is 0.0656. The van der Waals surface area contributed by atoms with Crippen LogP contribution in [0.1, 0.15) is 41.4 Å². The molecule has 1 unspecified atom stereocenters. The lowest BCUT2D eigenvalue weighted by Gasteiger charge is -2.35. The van der Waals surface area contributed by atoms with E-state index in [9.17, 15) is 4.79 Å². The molecular formula is C24H26N2O2S. The van der Waals surface area contributed by atoms with Gasteiger partial charge in [-0.15, -0.1) is 11.3 Å². The zero-order valence-electron chi connectivity index (χ0n) is 16.9. The molecule has 0 fully saturated rings. The van der Waals surface area contributed by atoms with E-state index in [1.807, 2.05) is 34.5 Å². The Labute approximate surface area is 176 Å². The van der Waals surface area contributed by atoms with Gasteiger partial charge in [0.05, 0.1) is 12.7 Å². The highest BCUT2D eigenvalue weighted by molar-refractivity contribution is 7.13. The second kappa shape index (κ2) is 8.78. The molecule has 1 aliphatic rings. The Hall–Kier alpha value is -2.66. The van der Waals surface area contributed by atoms with E-state index >= 15 is 0 Å². The van der Waals surface area contributed by atoms with E-state index in [0.29, 0.717) is 5.69 Å². The summed E-state index contributed by atoms with van der Waals surface area (Å²) in [7, 11) is 1.66. The molecule has 1 aliphatic carbocycles. The van der Waals surface area contributed by atoms with Gasteiger partial charge in [-0.05, 0) is 48.9 Å². The van der Waals surface area contributed by atoms with Gasteiger partial charge >= 0.3 is 0 Å². The van der Waals surface area contributed by atoms with Crippen molar-refractivity contribution in [3.8, 4) is 16.3 Å². The number of aromatic nitrogens is 1. The molecule has 0 saturated heterocycles. The van der Waals surface area contributed by atoms with E-state index in [2.05, 4.69) is 36.2 Å². The number of benzene rings is 2. The van der Waals surface area contributed by atoms with Crippen molar-refractivity contribution in [2.24, 2.45) is 0 Å². The summed E-state index contributed by atoms with van der Waals surface area (Å²) in [5.41, 5.74) is 4.24. The highest BCUT2D eigenvalue weighted by atomic mass is 32.1. The number of methoxy groups -OCH3 is 1. The molecule has 4 nitrogen and oxygen atoms in total. The summed E-state index contributed by atoms with van der Waals surface area (Å²) in [6.45, 7) is 2.88. The molecule has 0 saturated carbocycles. The van der Waals surface area contributed by atoms with Gasteiger partial charge in [-0.1, -0.05) is 43.3 Å². The van der Waals surface area contributed by atoms with Crippen molar-refractivity contribution in [2.75, 3.05) is 13.7 Å². The molecule has 1 heterocycles. The standard InChI is InChI=1S/C24H26N2O2S/c1-3-14-26(19-13-12-17-8-4-5-9-18(17)15-19)24(27)21-16-29-23(25-21)20-10-6-7-11-22(20)28-2/h4-11,16,19H,3,12-15H2,1-2H3. The van der Waals surface area contributed by atoms with Crippen LogP contribution in [0.15, 0.2) is 53.9 Å². The first kappa shape index (κ1) is 19.6. The predicted octanol–water partition coefficient (Wildman–Crippen LogP) is 5.23. The molecule has 3 aromatic rings. The number of carbonyl (C=O) groups is 1. The first-order valence-electron chi connectivity index (χ1n) is 10.2. The maximum absolute atomic E-state index is 13.4. The molecule has 2 aromatic carbocycles. The largest absolute Gasteiger partial charge is 0.496 e. The van der Waals surface area contributed by atoms with Crippen LogP contribution in [0, 0.1) is 0 Å². The minimum atomic E-state index is 0.0358. The maximum Gasteiger partial charge on any atom is 0.273 e. The predicted molar refractivity (Wildman–Crippen MR) is 118 cm³/mol. The van der Waals surface area contributed by atoms with Gasteiger partial charge in [-0.25, -0.2) is 4.98 Å². The van der Waals surface area contributed by atoms with Crippen molar-refractivity contribution in [1.29, 1.82) is 0 Å². The maximum atomic E-state index is 13.4. The second-order valence-electron chi connectivity index (χ2n) is 7.40. The van der Waals surface area contributed by atoms with Crippen LogP contribution in [0.2, 0.25) is 0 Å². The minimum absolute atomic E-state index is 0.0358. The Bertz CT molecular complexity index is 998. The fourth-order valence-corrected chi connectivity index (χ4v) is 4.92. The van der Waals surface area contributed by atoms with Gasteiger partial charge in [0, 0.05) is 18.0 Å². The normalized spacial score (nSPS) is 15.6. The molecule has 150 valence electrons. The summed E-state index contributed by atoms with van der Waals surface area (Å²) in [5, 5.41) is 2.69. The lowest BCUT2D eigenvalue weighted by atomic mass is 9.87. The average molecular weight is 407 g/mol. The SMILES string of the molecule is CCCN(C(=O)c1csc(-c2ccccc2OC)n1)C1CCc2ccccc2C1. The second-order valence-corrected chi connectivity index (χ2v) is 8.26. The van der Waals surface area contributed by atoms with Crippen LogP contribution in [0.4, 0.5) is 0 Å². The lowest BCUT2D eigenvalue weighted by Crippen LogP contribution is -2.44. The third-order valence-corrected chi connectivity index (χ3v) is 6.42. The van der Waals surface area contributed by atoms with E-state index < -0.39 is 0 Å². The van der Waals surface area contributed by atoms with Crippen molar-refractivity contribution in [3.63, 3.8) is 0 Å². The van der Waals surface area contributed by atoms with E-state index in [-0.39, 0.29) is 11.9 Å². The molecule has 0 bridgehead atoms. The highest BCUT2D eigenvalue weighted by Crippen LogP contribution is 2.33. The van der Waals surface area contributed by atoms with Gasteiger partial charge in [0.25, 0.3) is 5.91 Å². The Balaban J connectivity index is 1.58. The number of hydrogen-bond donors (Lipinski definition) is 0. The summed E-state index contributed by atoms with van der Waals surface area (Å²) in [4.78, 5) is 20.1. The Morgan fingerprint density at radius 3 is 2.72 bits per heavy atom. The number of thiazole rings is 1. The number of para-hydroxylation sites is 1. The molecule has 0 spiro atoms. The van der Waals surface area contributed by atoms with Crippen molar-refractivity contribution < 1.29 is 9.53 Å². The Morgan fingerprint density at radius 1 is 1.17 bits per heavy atom. The molecule has 4 rings (SSSR count). The van der Waals surface area contributed by atoms with Crippen LogP contribution in [-0.2, 0) is 12.8 Å². The van der Waals surface area contributed by atoms with Gasteiger partial charge in [-0.3, -0.25) is 4.79 Å². The van der Waals surface area contributed by atoms with Gasteiger partial charge in [0.1, 0.15) is 16.5 Å². The smallest absolute Gasteiger partial charge is 0.273 e. The van der Waals surface area contributed by atoms with E-state index in [0.717, 1.165) is 48.5 Å². The van der Waals surface area contributed by atoms with Crippen molar-refractivity contribution >= 4 is 17.2 Å². The van der Waals surface area contributed by atoms with Gasteiger partial charge in [0.15, 0.2) is 0 Å². The molecule has 0 aliphatic heterocycles. The van der Waals surface area contributed by atoms with E-state index in [4.69, 9.17) is 4.74 Å². The van der Waals surface area contributed by atoms with Crippen molar-refractivity contribution in [3.05, 3.63) is 70.7 Å². The number of ether oxygens (including phenoxy) is 1. The number of nitrogens with zero attached hydrogens (tertiary/aromatic N) is 2. The van der Waals surface area contributed by atoms with Crippen LogP contribution in [-0.4, -0.2) is 35.5 Å². The van der Waals surface area contributed by atoms with Crippen LogP contribution in [0.5, 0.6) is 5.75 Å². The number of hydrogen-bond acceptors (Lipinski definition) is 4. The first-order chi connectivity index (χ1) is 14.2. The van der Waals surface area contributed by atoms with Gasteiger partial charge < -0.3 is 9.64 Å². The van der Waals surface area contributed by atoms with Crippen molar-refractivity contribution in [1.82, 2.24) is 9.88 Å². The molecule has 0 N–H and O–H groups in total. The summed E-state index contributed by atoms with van der Waals surface area (Å²) in [5.74, 6) is 0.809. The number of amides is 1. The summed E-state index contributed by atoms with van der Waals surface area (Å²) in [6, 6.07) is 16.6. The van der Waals surface area contributed by atoms with Crippen LogP contribution in [0.25, 0.3) is 10.6 Å². The first-order valence-corrected chi connectivity index (χ1v) is 11.1.